The average Bonchev–Trinajstić information content (AvgIpc) is 2.76. The molecule has 0 amide bonds. The first-order chi connectivity index (χ1) is 5.46. The highest BCUT2D eigenvalue weighted by Gasteiger charge is 2.67. The molecule has 0 aromatic carbocycles. The van der Waals surface area contributed by atoms with E-state index < -0.39 is 5.60 Å². The molecule has 0 bridgehead atoms. The van der Waals surface area contributed by atoms with Gasteiger partial charge in [0.15, 0.2) is 5.60 Å². The lowest BCUT2D eigenvalue weighted by atomic mass is 9.99. The van der Waals surface area contributed by atoms with Crippen molar-refractivity contribution in [2.24, 2.45) is 0 Å². The Morgan fingerprint density at radius 1 is 1.42 bits per heavy atom. The molecule has 0 N–H and O–H groups in total. The van der Waals surface area contributed by atoms with E-state index in [1.54, 1.807) is 6.92 Å². The minimum atomic E-state index is -0.685. The Labute approximate surface area is 72.0 Å². The van der Waals surface area contributed by atoms with Crippen molar-refractivity contribution in [3.8, 4) is 0 Å². The van der Waals surface area contributed by atoms with Crippen molar-refractivity contribution in [1.29, 1.82) is 0 Å². The van der Waals surface area contributed by atoms with Crippen molar-refractivity contribution >= 4 is 5.97 Å². The van der Waals surface area contributed by atoms with Crippen molar-refractivity contribution in [2.75, 3.05) is 0 Å². The Bertz CT molecular complexity index is 230. The summed E-state index contributed by atoms with van der Waals surface area (Å²) in [5, 5.41) is 0. The lowest BCUT2D eigenvalue weighted by Gasteiger charge is -2.07. The first-order valence-corrected chi connectivity index (χ1v) is 4.37. The van der Waals surface area contributed by atoms with Crippen LogP contribution in [0, 0.1) is 0 Å². The van der Waals surface area contributed by atoms with Crippen LogP contribution in [-0.2, 0) is 14.3 Å². The topological polar surface area (TPSA) is 38.8 Å². The third-order valence-electron chi connectivity index (χ3n) is 2.75. The summed E-state index contributed by atoms with van der Waals surface area (Å²) in [6.07, 6.45) is 2.21. The molecule has 0 aromatic heterocycles. The van der Waals surface area contributed by atoms with Crippen LogP contribution in [0.2, 0.25) is 0 Å². The molecular weight excluding hydrogens is 156 g/mol. The Morgan fingerprint density at radius 3 is 2.25 bits per heavy atom. The lowest BCUT2D eigenvalue weighted by Crippen LogP contribution is -2.30. The molecule has 2 fully saturated rings. The van der Waals surface area contributed by atoms with E-state index in [1.165, 1.54) is 0 Å². The second-order valence-corrected chi connectivity index (χ2v) is 4.25. The van der Waals surface area contributed by atoms with Gasteiger partial charge in [-0.25, -0.2) is 4.79 Å². The van der Waals surface area contributed by atoms with E-state index in [4.69, 9.17) is 9.47 Å². The average molecular weight is 170 g/mol. The standard InChI is InChI=1S/C9H14O3/c1-8(2)9(3,12-8)7(10)11-6-4-5-6/h6H,4-5H2,1-3H3. The van der Waals surface area contributed by atoms with Crippen molar-refractivity contribution in [3.63, 3.8) is 0 Å². The molecule has 3 heteroatoms. The smallest absolute Gasteiger partial charge is 0.341 e. The Balaban J connectivity index is 1.96. The van der Waals surface area contributed by atoms with Gasteiger partial charge in [-0.2, -0.15) is 0 Å². The van der Waals surface area contributed by atoms with Crippen LogP contribution >= 0.6 is 0 Å². The van der Waals surface area contributed by atoms with Crippen LogP contribution in [0.5, 0.6) is 0 Å². The van der Waals surface area contributed by atoms with E-state index in [2.05, 4.69) is 0 Å². The molecule has 2 aliphatic rings. The zero-order valence-electron chi connectivity index (χ0n) is 7.72. The van der Waals surface area contributed by atoms with Crippen molar-refractivity contribution in [1.82, 2.24) is 0 Å². The molecule has 3 nitrogen and oxygen atoms in total. The third-order valence-corrected chi connectivity index (χ3v) is 2.75. The van der Waals surface area contributed by atoms with Crippen LogP contribution in [0.15, 0.2) is 0 Å². The maximum absolute atomic E-state index is 11.4. The molecule has 12 heavy (non-hydrogen) atoms. The summed E-state index contributed by atoms with van der Waals surface area (Å²) in [5.41, 5.74) is -1.02. The second-order valence-electron chi connectivity index (χ2n) is 4.25. The van der Waals surface area contributed by atoms with Gasteiger partial charge in [0.2, 0.25) is 0 Å². The number of rotatable bonds is 2. The Morgan fingerprint density at radius 2 is 1.92 bits per heavy atom. The molecule has 2 rings (SSSR count). The summed E-state index contributed by atoms with van der Waals surface area (Å²) in [6, 6.07) is 0. The van der Waals surface area contributed by atoms with Crippen molar-refractivity contribution in [2.45, 2.75) is 50.9 Å². The zero-order valence-corrected chi connectivity index (χ0v) is 7.72. The normalized spacial score (nSPS) is 37.6. The lowest BCUT2D eigenvalue weighted by molar-refractivity contribution is -0.150. The molecule has 0 radical (unpaired) electrons. The van der Waals surface area contributed by atoms with Gasteiger partial charge in [-0.3, -0.25) is 0 Å². The largest absolute Gasteiger partial charge is 0.460 e. The molecule has 68 valence electrons. The Kier molecular flexibility index (Phi) is 1.35. The van der Waals surface area contributed by atoms with Crippen molar-refractivity contribution < 1.29 is 14.3 Å². The van der Waals surface area contributed by atoms with Gasteiger partial charge in [-0.05, 0) is 33.6 Å². The van der Waals surface area contributed by atoms with Crippen LogP contribution in [0.1, 0.15) is 33.6 Å². The highest BCUT2D eigenvalue weighted by atomic mass is 16.7. The molecule has 1 aliphatic heterocycles. The third kappa shape index (κ3) is 1.04. The van der Waals surface area contributed by atoms with Crippen LogP contribution < -0.4 is 0 Å². The SMILES string of the molecule is CC1(C)OC1(C)C(=O)OC1CC1. The van der Waals surface area contributed by atoms with Gasteiger partial charge < -0.3 is 9.47 Å². The molecule has 1 atom stereocenters. The van der Waals surface area contributed by atoms with Gasteiger partial charge in [-0.15, -0.1) is 0 Å². The summed E-state index contributed by atoms with van der Waals surface area (Å²) < 4.78 is 10.5. The first kappa shape index (κ1) is 8.05. The molecule has 0 aromatic rings. The highest BCUT2D eigenvalue weighted by molar-refractivity contribution is 5.84. The summed E-state index contributed by atoms with van der Waals surface area (Å²) in [5.74, 6) is -0.199. The minimum absolute atomic E-state index is 0.175. The molecule has 1 unspecified atom stereocenters. The van der Waals surface area contributed by atoms with Gasteiger partial charge >= 0.3 is 5.97 Å². The highest BCUT2D eigenvalue weighted by Crippen LogP contribution is 2.48. The summed E-state index contributed by atoms with van der Waals surface area (Å²) in [4.78, 5) is 11.4. The number of epoxide rings is 1. The molecule has 1 heterocycles. The maximum Gasteiger partial charge on any atom is 0.341 e. The second kappa shape index (κ2) is 2.02. The van der Waals surface area contributed by atoms with Gasteiger partial charge in [-0.1, -0.05) is 0 Å². The van der Waals surface area contributed by atoms with E-state index in [0.29, 0.717) is 0 Å². The van der Waals surface area contributed by atoms with Crippen LogP contribution in [0.4, 0.5) is 0 Å². The van der Waals surface area contributed by atoms with E-state index >= 15 is 0 Å². The predicted octanol–water partition coefficient (Wildman–Crippen LogP) is 1.26. The molecule has 1 saturated heterocycles. The van der Waals surface area contributed by atoms with Gasteiger partial charge in [0.25, 0.3) is 0 Å². The van der Waals surface area contributed by atoms with E-state index in [1.807, 2.05) is 13.8 Å². The minimum Gasteiger partial charge on any atom is -0.460 e. The quantitative estimate of drug-likeness (QED) is 0.462. The van der Waals surface area contributed by atoms with Crippen LogP contribution in [0.3, 0.4) is 0 Å². The van der Waals surface area contributed by atoms with E-state index in [-0.39, 0.29) is 17.7 Å². The number of esters is 1. The van der Waals surface area contributed by atoms with E-state index in [0.717, 1.165) is 12.8 Å². The van der Waals surface area contributed by atoms with Crippen LogP contribution in [-0.4, -0.2) is 23.3 Å². The number of carbonyl (C=O) groups is 1. The predicted molar refractivity (Wildman–Crippen MR) is 42.7 cm³/mol. The molecule has 0 spiro atoms. The monoisotopic (exact) mass is 170 g/mol. The Hall–Kier alpha value is -0.570. The summed E-state index contributed by atoms with van der Waals surface area (Å²) >= 11 is 0. The molecular formula is C9H14O3. The zero-order chi connectivity index (χ0) is 8.98. The van der Waals surface area contributed by atoms with Gasteiger partial charge in [0.05, 0.1) is 0 Å². The first-order valence-electron chi connectivity index (χ1n) is 4.37. The number of carbonyl (C=O) groups excluding carboxylic acids is 1. The van der Waals surface area contributed by atoms with Crippen molar-refractivity contribution in [3.05, 3.63) is 0 Å². The summed E-state index contributed by atoms with van der Waals surface area (Å²) in [7, 11) is 0. The fourth-order valence-corrected chi connectivity index (χ4v) is 1.22. The number of ether oxygens (including phenoxy) is 2. The fourth-order valence-electron chi connectivity index (χ4n) is 1.22. The van der Waals surface area contributed by atoms with Gasteiger partial charge in [0.1, 0.15) is 11.7 Å². The molecule has 1 saturated carbocycles. The van der Waals surface area contributed by atoms with Gasteiger partial charge in [0, 0.05) is 0 Å². The summed E-state index contributed by atoms with van der Waals surface area (Å²) in [6.45, 7) is 5.60. The molecule has 1 aliphatic carbocycles. The number of hydrogen-bond donors (Lipinski definition) is 0. The van der Waals surface area contributed by atoms with E-state index in [9.17, 15) is 4.79 Å². The van der Waals surface area contributed by atoms with Crippen LogP contribution in [0.25, 0.3) is 0 Å². The number of hydrogen-bond acceptors (Lipinski definition) is 3. The maximum atomic E-state index is 11.4. The fraction of sp³-hybridized carbons (Fsp3) is 0.889.